The van der Waals surface area contributed by atoms with Crippen LogP contribution < -0.4 is 5.73 Å². The molecule has 0 unspecified atom stereocenters. The number of carbonyl (C=O) groups excluding carboxylic acids is 1. The van der Waals surface area contributed by atoms with E-state index in [9.17, 15) is 9.18 Å². The fourth-order valence-corrected chi connectivity index (χ4v) is 1.79. The maximum Gasteiger partial charge on any atom is 0.254 e. The van der Waals surface area contributed by atoms with Gasteiger partial charge in [0.2, 0.25) is 0 Å². The van der Waals surface area contributed by atoms with Crippen molar-refractivity contribution in [1.29, 1.82) is 0 Å². The Kier molecular flexibility index (Phi) is 3.75. The van der Waals surface area contributed by atoms with Crippen molar-refractivity contribution < 1.29 is 9.18 Å². The molecule has 0 spiro atoms. The van der Waals surface area contributed by atoms with E-state index in [1.165, 1.54) is 23.1 Å². The number of anilines is 1. The van der Waals surface area contributed by atoms with Crippen molar-refractivity contribution >= 4 is 11.6 Å². The molecule has 0 atom stereocenters. The molecule has 1 aromatic carbocycles. The van der Waals surface area contributed by atoms with Gasteiger partial charge in [0.05, 0.1) is 0 Å². The van der Waals surface area contributed by atoms with Crippen LogP contribution in [0.4, 0.5) is 10.1 Å². The molecule has 2 aromatic rings. The van der Waals surface area contributed by atoms with Crippen LogP contribution in [0.1, 0.15) is 15.9 Å². The van der Waals surface area contributed by atoms with Crippen LogP contribution in [0.25, 0.3) is 0 Å². The lowest BCUT2D eigenvalue weighted by Crippen LogP contribution is -2.26. The first-order valence-electron chi connectivity index (χ1n) is 5.76. The number of carbonyl (C=O) groups is 1. The van der Waals surface area contributed by atoms with E-state index < -0.39 is 5.82 Å². The minimum Gasteiger partial charge on any atom is -0.399 e. The SMILES string of the molecule is CN(Cc1cccnc1)C(=O)c1cc(N)cc(F)c1. The first-order valence-corrected chi connectivity index (χ1v) is 5.76. The van der Waals surface area contributed by atoms with Crippen molar-refractivity contribution in [3.63, 3.8) is 0 Å². The van der Waals surface area contributed by atoms with E-state index in [2.05, 4.69) is 4.98 Å². The van der Waals surface area contributed by atoms with E-state index in [1.54, 1.807) is 25.5 Å². The standard InChI is InChI=1S/C14H14FN3O/c1-18(9-10-3-2-4-17-8-10)14(19)11-5-12(15)7-13(16)6-11/h2-8H,9,16H2,1H3. The highest BCUT2D eigenvalue weighted by Crippen LogP contribution is 2.13. The summed E-state index contributed by atoms with van der Waals surface area (Å²) in [6.45, 7) is 0.406. The van der Waals surface area contributed by atoms with E-state index in [4.69, 9.17) is 5.73 Å². The number of rotatable bonds is 3. The average molecular weight is 259 g/mol. The van der Waals surface area contributed by atoms with Crippen LogP contribution in [-0.2, 0) is 6.54 Å². The smallest absolute Gasteiger partial charge is 0.254 e. The number of pyridine rings is 1. The van der Waals surface area contributed by atoms with Crippen LogP contribution in [0.3, 0.4) is 0 Å². The molecule has 0 aliphatic rings. The second kappa shape index (κ2) is 5.48. The van der Waals surface area contributed by atoms with Crippen LogP contribution in [-0.4, -0.2) is 22.8 Å². The summed E-state index contributed by atoms with van der Waals surface area (Å²) in [4.78, 5) is 17.6. The maximum absolute atomic E-state index is 13.2. The van der Waals surface area contributed by atoms with Crippen molar-refractivity contribution in [2.75, 3.05) is 12.8 Å². The Labute approximate surface area is 110 Å². The Hall–Kier alpha value is -2.43. The van der Waals surface area contributed by atoms with Gasteiger partial charge >= 0.3 is 0 Å². The molecule has 1 amide bonds. The number of hydrogen-bond acceptors (Lipinski definition) is 3. The van der Waals surface area contributed by atoms with Crippen molar-refractivity contribution in [3.05, 3.63) is 59.7 Å². The summed E-state index contributed by atoms with van der Waals surface area (Å²) < 4.78 is 13.2. The van der Waals surface area contributed by atoms with E-state index in [0.29, 0.717) is 6.54 Å². The van der Waals surface area contributed by atoms with Gasteiger partial charge in [0.1, 0.15) is 5.82 Å². The van der Waals surface area contributed by atoms with Crippen LogP contribution >= 0.6 is 0 Å². The van der Waals surface area contributed by atoms with E-state index >= 15 is 0 Å². The summed E-state index contributed by atoms with van der Waals surface area (Å²) in [6.07, 6.45) is 3.35. The number of nitrogens with zero attached hydrogens (tertiary/aromatic N) is 2. The number of nitrogen functional groups attached to an aromatic ring is 1. The van der Waals surface area contributed by atoms with Gasteiger partial charge in [0.25, 0.3) is 5.91 Å². The van der Waals surface area contributed by atoms with Gasteiger partial charge < -0.3 is 10.6 Å². The Bertz CT molecular complexity index is 566. The van der Waals surface area contributed by atoms with Crippen molar-refractivity contribution in [2.45, 2.75) is 6.54 Å². The van der Waals surface area contributed by atoms with Gasteiger partial charge in [-0.1, -0.05) is 6.07 Å². The highest BCUT2D eigenvalue weighted by atomic mass is 19.1. The van der Waals surface area contributed by atoms with Gasteiger partial charge in [-0.05, 0) is 29.8 Å². The second-order valence-corrected chi connectivity index (χ2v) is 4.30. The summed E-state index contributed by atoms with van der Waals surface area (Å²) in [6, 6.07) is 7.49. The number of nitrogens with two attached hydrogens (primary N) is 1. The van der Waals surface area contributed by atoms with Gasteiger partial charge in [0.15, 0.2) is 0 Å². The third-order valence-corrected chi connectivity index (χ3v) is 2.66. The average Bonchev–Trinajstić information content (AvgIpc) is 2.37. The zero-order valence-corrected chi connectivity index (χ0v) is 10.5. The van der Waals surface area contributed by atoms with Crippen LogP contribution in [0, 0.1) is 5.82 Å². The highest BCUT2D eigenvalue weighted by molar-refractivity contribution is 5.94. The van der Waals surface area contributed by atoms with E-state index in [-0.39, 0.29) is 17.2 Å². The second-order valence-electron chi connectivity index (χ2n) is 4.30. The van der Waals surface area contributed by atoms with E-state index in [1.807, 2.05) is 6.07 Å². The van der Waals surface area contributed by atoms with Gasteiger partial charge in [-0.3, -0.25) is 9.78 Å². The van der Waals surface area contributed by atoms with Crippen LogP contribution in [0.15, 0.2) is 42.7 Å². The van der Waals surface area contributed by atoms with Gasteiger partial charge in [-0.25, -0.2) is 4.39 Å². The topological polar surface area (TPSA) is 59.2 Å². The lowest BCUT2D eigenvalue weighted by Gasteiger charge is -2.17. The molecular weight excluding hydrogens is 245 g/mol. The third kappa shape index (κ3) is 3.28. The highest BCUT2D eigenvalue weighted by Gasteiger charge is 2.13. The molecule has 1 heterocycles. The third-order valence-electron chi connectivity index (χ3n) is 2.66. The Morgan fingerprint density at radius 2 is 2.21 bits per heavy atom. The van der Waals surface area contributed by atoms with Crippen molar-refractivity contribution in [3.8, 4) is 0 Å². The minimum absolute atomic E-state index is 0.234. The van der Waals surface area contributed by atoms with Gasteiger partial charge in [-0.2, -0.15) is 0 Å². The molecule has 0 radical (unpaired) electrons. The molecule has 98 valence electrons. The molecule has 0 aliphatic heterocycles. The first kappa shape index (κ1) is 13.0. The number of halogens is 1. The number of aromatic nitrogens is 1. The predicted octanol–water partition coefficient (Wildman–Crippen LogP) is 2.08. The molecule has 0 aliphatic carbocycles. The molecule has 2 N–H and O–H groups in total. The molecule has 0 fully saturated rings. The summed E-state index contributed by atoms with van der Waals surface area (Å²) in [5.74, 6) is -0.798. The number of benzene rings is 1. The van der Waals surface area contributed by atoms with Gasteiger partial charge in [0, 0.05) is 37.2 Å². The summed E-state index contributed by atoms with van der Waals surface area (Å²) >= 11 is 0. The lowest BCUT2D eigenvalue weighted by atomic mass is 10.1. The lowest BCUT2D eigenvalue weighted by molar-refractivity contribution is 0.0784. The molecule has 0 bridgehead atoms. The number of hydrogen-bond donors (Lipinski definition) is 1. The Morgan fingerprint density at radius 3 is 2.84 bits per heavy atom. The first-order chi connectivity index (χ1) is 9.06. The normalized spacial score (nSPS) is 10.2. The molecule has 2 rings (SSSR count). The predicted molar refractivity (Wildman–Crippen MR) is 70.8 cm³/mol. The maximum atomic E-state index is 13.2. The summed E-state index contributed by atoms with van der Waals surface area (Å²) in [5, 5.41) is 0. The monoisotopic (exact) mass is 259 g/mol. The fourth-order valence-electron chi connectivity index (χ4n) is 1.79. The summed E-state index contributed by atoms with van der Waals surface area (Å²) in [5.41, 5.74) is 6.91. The molecule has 1 aromatic heterocycles. The summed E-state index contributed by atoms with van der Waals surface area (Å²) in [7, 11) is 1.65. The molecule has 0 saturated carbocycles. The molecule has 5 heteroatoms. The molecule has 19 heavy (non-hydrogen) atoms. The number of amides is 1. The molecular formula is C14H14FN3O. The quantitative estimate of drug-likeness (QED) is 0.858. The van der Waals surface area contributed by atoms with Crippen LogP contribution in [0.2, 0.25) is 0 Å². The molecule has 0 saturated heterocycles. The van der Waals surface area contributed by atoms with Crippen molar-refractivity contribution in [1.82, 2.24) is 9.88 Å². The Balaban J connectivity index is 2.15. The zero-order chi connectivity index (χ0) is 13.8. The Morgan fingerprint density at radius 1 is 1.42 bits per heavy atom. The van der Waals surface area contributed by atoms with E-state index in [0.717, 1.165) is 5.56 Å². The zero-order valence-electron chi connectivity index (χ0n) is 10.5. The van der Waals surface area contributed by atoms with Gasteiger partial charge in [-0.15, -0.1) is 0 Å². The minimum atomic E-state index is -0.516. The molecule has 4 nitrogen and oxygen atoms in total. The van der Waals surface area contributed by atoms with Crippen molar-refractivity contribution in [2.24, 2.45) is 0 Å². The van der Waals surface area contributed by atoms with Crippen LogP contribution in [0.5, 0.6) is 0 Å². The fraction of sp³-hybridized carbons (Fsp3) is 0.143. The largest absolute Gasteiger partial charge is 0.399 e.